The van der Waals surface area contributed by atoms with Gasteiger partial charge in [0, 0.05) is 10.6 Å². The van der Waals surface area contributed by atoms with Gasteiger partial charge in [-0.2, -0.15) is 5.26 Å². The predicted molar refractivity (Wildman–Crippen MR) is 68.0 cm³/mol. The zero-order chi connectivity index (χ0) is 12.8. The van der Waals surface area contributed by atoms with Crippen LogP contribution in [0.5, 0.6) is 0 Å². The van der Waals surface area contributed by atoms with Gasteiger partial charge in [-0.25, -0.2) is 0 Å². The van der Waals surface area contributed by atoms with Crippen LogP contribution in [0, 0.1) is 18.3 Å². The van der Waals surface area contributed by atoms with Gasteiger partial charge in [-0.1, -0.05) is 24.9 Å². The standard InChI is InChI=1S/C13H15ClN2O/c1-3-4-11(8-15)16-13(17)12-6-5-10(14)7-9(12)2/h5-7,11H,3-4H2,1-2H3,(H,16,17). The first kappa shape index (κ1) is 13.5. The quantitative estimate of drug-likeness (QED) is 0.893. The predicted octanol–water partition coefficient (Wildman–Crippen LogP) is 3.07. The van der Waals surface area contributed by atoms with E-state index in [0.717, 1.165) is 12.0 Å². The zero-order valence-corrected chi connectivity index (χ0v) is 10.7. The number of nitriles is 1. The Morgan fingerprint density at radius 3 is 2.82 bits per heavy atom. The number of nitrogens with one attached hydrogen (secondary N) is 1. The zero-order valence-electron chi connectivity index (χ0n) is 9.96. The van der Waals surface area contributed by atoms with Crippen molar-refractivity contribution in [2.45, 2.75) is 32.7 Å². The first-order chi connectivity index (χ1) is 8.08. The molecule has 3 nitrogen and oxygen atoms in total. The molecule has 0 aromatic heterocycles. The second-order valence-electron chi connectivity index (χ2n) is 3.90. The molecule has 1 aromatic rings. The SMILES string of the molecule is CCCC(C#N)NC(=O)c1ccc(Cl)cc1C. The number of hydrogen-bond acceptors (Lipinski definition) is 2. The monoisotopic (exact) mass is 250 g/mol. The van der Waals surface area contributed by atoms with Gasteiger partial charge in [-0.3, -0.25) is 4.79 Å². The van der Waals surface area contributed by atoms with Crippen LogP contribution in [0.15, 0.2) is 18.2 Å². The van der Waals surface area contributed by atoms with E-state index < -0.39 is 6.04 Å². The smallest absolute Gasteiger partial charge is 0.252 e. The summed E-state index contributed by atoms with van der Waals surface area (Å²) in [6.45, 7) is 3.80. The Kier molecular flexibility index (Phi) is 4.99. The van der Waals surface area contributed by atoms with Crippen molar-refractivity contribution < 1.29 is 4.79 Å². The molecule has 1 atom stereocenters. The van der Waals surface area contributed by atoms with Gasteiger partial charge < -0.3 is 5.32 Å². The molecule has 0 spiro atoms. The fourth-order valence-corrected chi connectivity index (χ4v) is 1.80. The number of aryl methyl sites for hydroxylation is 1. The molecule has 0 radical (unpaired) electrons. The lowest BCUT2D eigenvalue weighted by Gasteiger charge is -2.12. The molecule has 0 saturated heterocycles. The molecule has 0 heterocycles. The van der Waals surface area contributed by atoms with Crippen LogP contribution in [-0.4, -0.2) is 11.9 Å². The van der Waals surface area contributed by atoms with Crippen LogP contribution in [0.1, 0.15) is 35.7 Å². The van der Waals surface area contributed by atoms with E-state index in [-0.39, 0.29) is 5.91 Å². The highest BCUT2D eigenvalue weighted by molar-refractivity contribution is 6.30. The van der Waals surface area contributed by atoms with Gasteiger partial charge in [0.2, 0.25) is 0 Å². The van der Waals surface area contributed by atoms with E-state index in [2.05, 4.69) is 11.4 Å². The average Bonchev–Trinajstić information content (AvgIpc) is 2.28. The van der Waals surface area contributed by atoms with E-state index in [1.807, 2.05) is 13.8 Å². The summed E-state index contributed by atoms with van der Waals surface area (Å²) in [6, 6.07) is 6.73. The van der Waals surface area contributed by atoms with E-state index in [1.54, 1.807) is 18.2 Å². The summed E-state index contributed by atoms with van der Waals surface area (Å²) in [6.07, 6.45) is 1.52. The highest BCUT2D eigenvalue weighted by Crippen LogP contribution is 2.15. The highest BCUT2D eigenvalue weighted by atomic mass is 35.5. The summed E-state index contributed by atoms with van der Waals surface area (Å²) in [4.78, 5) is 11.9. The van der Waals surface area contributed by atoms with Gasteiger partial charge in [-0.05, 0) is 37.1 Å². The Hall–Kier alpha value is -1.53. The summed E-state index contributed by atoms with van der Waals surface area (Å²) in [5.41, 5.74) is 1.37. The van der Waals surface area contributed by atoms with Crippen molar-refractivity contribution in [1.29, 1.82) is 5.26 Å². The lowest BCUT2D eigenvalue weighted by Crippen LogP contribution is -2.33. The molecule has 1 aromatic carbocycles. The van der Waals surface area contributed by atoms with Gasteiger partial charge >= 0.3 is 0 Å². The molecule has 0 aliphatic heterocycles. The molecule has 4 heteroatoms. The van der Waals surface area contributed by atoms with E-state index in [0.29, 0.717) is 17.0 Å². The first-order valence-electron chi connectivity index (χ1n) is 5.55. The first-order valence-corrected chi connectivity index (χ1v) is 5.93. The normalized spacial score (nSPS) is 11.6. The lowest BCUT2D eigenvalue weighted by molar-refractivity contribution is 0.0943. The third-order valence-electron chi connectivity index (χ3n) is 2.47. The molecule has 1 rings (SSSR count). The largest absolute Gasteiger partial charge is 0.336 e. The maximum atomic E-state index is 11.9. The molecular formula is C13H15ClN2O. The second kappa shape index (κ2) is 6.27. The molecule has 1 unspecified atom stereocenters. The van der Waals surface area contributed by atoms with Crippen molar-refractivity contribution in [1.82, 2.24) is 5.32 Å². The molecule has 17 heavy (non-hydrogen) atoms. The number of carbonyl (C=O) groups excluding carboxylic acids is 1. The number of nitrogens with zero attached hydrogens (tertiary/aromatic N) is 1. The molecule has 1 N–H and O–H groups in total. The number of carbonyl (C=O) groups is 1. The molecular weight excluding hydrogens is 236 g/mol. The van der Waals surface area contributed by atoms with Crippen LogP contribution < -0.4 is 5.32 Å². The van der Waals surface area contributed by atoms with Crippen LogP contribution in [-0.2, 0) is 0 Å². The van der Waals surface area contributed by atoms with Crippen LogP contribution in [0.25, 0.3) is 0 Å². The number of halogens is 1. The van der Waals surface area contributed by atoms with Crippen molar-refractivity contribution >= 4 is 17.5 Å². The van der Waals surface area contributed by atoms with Gasteiger partial charge in [0.05, 0.1) is 6.07 Å². The van der Waals surface area contributed by atoms with Crippen molar-refractivity contribution in [2.24, 2.45) is 0 Å². The second-order valence-corrected chi connectivity index (χ2v) is 4.34. The number of benzene rings is 1. The molecule has 0 fully saturated rings. The maximum absolute atomic E-state index is 11.9. The molecule has 0 aliphatic carbocycles. The molecule has 1 amide bonds. The minimum atomic E-state index is -0.428. The molecule has 0 saturated carbocycles. The van der Waals surface area contributed by atoms with Gasteiger partial charge in [0.15, 0.2) is 0 Å². The Labute approximate surface area is 106 Å². The summed E-state index contributed by atoms with van der Waals surface area (Å²) in [5.74, 6) is -0.223. The van der Waals surface area contributed by atoms with E-state index in [4.69, 9.17) is 16.9 Å². The van der Waals surface area contributed by atoms with E-state index >= 15 is 0 Å². The number of rotatable bonds is 4. The summed E-state index contributed by atoms with van der Waals surface area (Å²) < 4.78 is 0. The minimum Gasteiger partial charge on any atom is -0.336 e. The minimum absolute atomic E-state index is 0.223. The van der Waals surface area contributed by atoms with Gasteiger partial charge in [0.25, 0.3) is 5.91 Å². The Balaban J connectivity index is 2.79. The summed E-state index contributed by atoms with van der Waals surface area (Å²) in [7, 11) is 0. The lowest BCUT2D eigenvalue weighted by atomic mass is 10.1. The average molecular weight is 251 g/mol. The number of hydrogen-bond donors (Lipinski definition) is 1. The van der Waals surface area contributed by atoms with Crippen LogP contribution in [0.4, 0.5) is 0 Å². The third kappa shape index (κ3) is 3.76. The fraction of sp³-hybridized carbons (Fsp3) is 0.385. The highest BCUT2D eigenvalue weighted by Gasteiger charge is 2.13. The van der Waals surface area contributed by atoms with E-state index in [9.17, 15) is 4.79 Å². The topological polar surface area (TPSA) is 52.9 Å². The number of amides is 1. The Morgan fingerprint density at radius 2 is 2.29 bits per heavy atom. The van der Waals surface area contributed by atoms with Crippen molar-refractivity contribution in [3.63, 3.8) is 0 Å². The molecule has 90 valence electrons. The third-order valence-corrected chi connectivity index (χ3v) is 2.71. The van der Waals surface area contributed by atoms with Crippen molar-refractivity contribution in [2.75, 3.05) is 0 Å². The van der Waals surface area contributed by atoms with Gasteiger partial charge in [0.1, 0.15) is 6.04 Å². The summed E-state index contributed by atoms with van der Waals surface area (Å²) in [5, 5.41) is 12.2. The summed E-state index contributed by atoms with van der Waals surface area (Å²) >= 11 is 5.82. The van der Waals surface area contributed by atoms with Crippen LogP contribution in [0.3, 0.4) is 0 Å². The Bertz CT molecular complexity index is 451. The van der Waals surface area contributed by atoms with E-state index in [1.165, 1.54) is 0 Å². The molecule has 0 aliphatic rings. The van der Waals surface area contributed by atoms with Crippen LogP contribution in [0.2, 0.25) is 5.02 Å². The van der Waals surface area contributed by atoms with Gasteiger partial charge in [-0.15, -0.1) is 0 Å². The Morgan fingerprint density at radius 1 is 1.59 bits per heavy atom. The van der Waals surface area contributed by atoms with Crippen LogP contribution >= 0.6 is 11.6 Å². The van der Waals surface area contributed by atoms with Crippen molar-refractivity contribution in [3.05, 3.63) is 34.3 Å². The van der Waals surface area contributed by atoms with Crippen molar-refractivity contribution in [3.8, 4) is 6.07 Å². The fourth-order valence-electron chi connectivity index (χ4n) is 1.58. The molecule has 0 bridgehead atoms. The maximum Gasteiger partial charge on any atom is 0.252 e.